The van der Waals surface area contributed by atoms with Crippen molar-refractivity contribution in [3.8, 4) is 5.88 Å². The van der Waals surface area contributed by atoms with E-state index in [4.69, 9.17) is 9.47 Å². The Morgan fingerprint density at radius 1 is 1.38 bits per heavy atom. The fourth-order valence-electron chi connectivity index (χ4n) is 1.03. The maximum absolute atomic E-state index is 9.29. The van der Waals surface area contributed by atoms with Crippen LogP contribution in [0.3, 0.4) is 0 Å². The number of ether oxygens (including phenoxy) is 2. The Morgan fingerprint density at radius 2 is 2.12 bits per heavy atom. The van der Waals surface area contributed by atoms with Gasteiger partial charge in [0.25, 0.3) is 0 Å². The second-order valence-electron chi connectivity index (χ2n) is 3.80. The van der Waals surface area contributed by atoms with Crippen molar-refractivity contribution in [3.63, 3.8) is 0 Å². The van der Waals surface area contributed by atoms with Gasteiger partial charge in [0.05, 0.1) is 13.2 Å². The molecule has 0 aromatic carbocycles. The zero-order chi connectivity index (χ0) is 12.0. The molecule has 0 aliphatic rings. The SMILES string of the molecule is CC(C)(O)OCCCOc1cccc(Br)n1. The van der Waals surface area contributed by atoms with E-state index in [9.17, 15) is 5.11 Å². The van der Waals surface area contributed by atoms with Gasteiger partial charge >= 0.3 is 0 Å². The molecule has 1 N–H and O–H groups in total. The second-order valence-corrected chi connectivity index (χ2v) is 4.61. The molecule has 0 bridgehead atoms. The maximum atomic E-state index is 9.29. The monoisotopic (exact) mass is 289 g/mol. The standard InChI is InChI=1S/C11H16BrNO3/c1-11(2,14)16-8-4-7-15-10-6-3-5-9(12)13-10/h3,5-6,14H,4,7-8H2,1-2H3. The summed E-state index contributed by atoms with van der Waals surface area (Å²) in [6.45, 7) is 4.17. The molecule has 0 saturated heterocycles. The molecule has 0 radical (unpaired) electrons. The largest absolute Gasteiger partial charge is 0.478 e. The van der Waals surface area contributed by atoms with E-state index in [1.165, 1.54) is 0 Å². The van der Waals surface area contributed by atoms with Gasteiger partial charge in [0.1, 0.15) is 4.60 Å². The van der Waals surface area contributed by atoms with Gasteiger partial charge in [0, 0.05) is 12.5 Å². The summed E-state index contributed by atoms with van der Waals surface area (Å²) in [5.41, 5.74) is 0. The summed E-state index contributed by atoms with van der Waals surface area (Å²) in [6.07, 6.45) is 0.707. The molecule has 0 fully saturated rings. The third kappa shape index (κ3) is 6.05. The first-order chi connectivity index (χ1) is 7.47. The minimum atomic E-state index is -1.08. The lowest BCUT2D eigenvalue weighted by molar-refractivity contribution is -0.176. The fourth-order valence-corrected chi connectivity index (χ4v) is 1.36. The quantitative estimate of drug-likeness (QED) is 0.496. The van der Waals surface area contributed by atoms with E-state index in [2.05, 4.69) is 20.9 Å². The third-order valence-electron chi connectivity index (χ3n) is 1.68. The van der Waals surface area contributed by atoms with Crippen LogP contribution in [0.2, 0.25) is 0 Å². The van der Waals surface area contributed by atoms with Crippen molar-refractivity contribution >= 4 is 15.9 Å². The summed E-state index contributed by atoms with van der Waals surface area (Å²) in [4.78, 5) is 4.12. The van der Waals surface area contributed by atoms with Crippen LogP contribution in [-0.2, 0) is 4.74 Å². The van der Waals surface area contributed by atoms with Crippen LogP contribution < -0.4 is 4.74 Å². The van der Waals surface area contributed by atoms with Gasteiger partial charge in [-0.05, 0) is 35.8 Å². The van der Waals surface area contributed by atoms with E-state index in [1.807, 2.05) is 12.1 Å². The van der Waals surface area contributed by atoms with E-state index in [0.717, 1.165) is 4.60 Å². The Balaban J connectivity index is 2.17. The number of nitrogens with zero attached hydrogens (tertiary/aromatic N) is 1. The van der Waals surface area contributed by atoms with Crippen LogP contribution in [0.15, 0.2) is 22.8 Å². The van der Waals surface area contributed by atoms with Crippen LogP contribution in [0.5, 0.6) is 5.88 Å². The number of halogens is 1. The summed E-state index contributed by atoms with van der Waals surface area (Å²) >= 11 is 3.26. The van der Waals surface area contributed by atoms with Gasteiger partial charge in [-0.2, -0.15) is 0 Å². The molecule has 1 aromatic rings. The number of hydrogen-bond donors (Lipinski definition) is 1. The number of aliphatic hydroxyl groups is 1. The normalized spacial score (nSPS) is 11.5. The van der Waals surface area contributed by atoms with Crippen molar-refractivity contribution in [1.82, 2.24) is 4.98 Å². The van der Waals surface area contributed by atoms with Gasteiger partial charge in [0.2, 0.25) is 5.88 Å². The van der Waals surface area contributed by atoms with Crippen LogP contribution in [0.4, 0.5) is 0 Å². The predicted molar refractivity (Wildman–Crippen MR) is 64.3 cm³/mol. The Labute approximate surface area is 104 Å². The van der Waals surface area contributed by atoms with Crippen LogP contribution in [-0.4, -0.2) is 29.1 Å². The highest BCUT2D eigenvalue weighted by atomic mass is 79.9. The molecule has 0 aliphatic heterocycles. The number of hydrogen-bond acceptors (Lipinski definition) is 4. The molecule has 0 aliphatic carbocycles. The van der Waals surface area contributed by atoms with E-state index < -0.39 is 5.79 Å². The summed E-state index contributed by atoms with van der Waals surface area (Å²) in [6, 6.07) is 5.49. The maximum Gasteiger partial charge on any atom is 0.214 e. The molecule has 0 saturated carbocycles. The summed E-state index contributed by atoms with van der Waals surface area (Å²) in [7, 11) is 0. The Kier molecular flexibility index (Phi) is 5.18. The second kappa shape index (κ2) is 6.18. The van der Waals surface area contributed by atoms with Crippen molar-refractivity contribution < 1.29 is 14.6 Å². The molecule has 16 heavy (non-hydrogen) atoms. The third-order valence-corrected chi connectivity index (χ3v) is 2.13. The Bertz CT molecular complexity index is 325. The summed E-state index contributed by atoms with van der Waals surface area (Å²) in [5, 5.41) is 9.29. The molecule has 0 amide bonds. The molecule has 1 aromatic heterocycles. The first kappa shape index (κ1) is 13.4. The van der Waals surface area contributed by atoms with E-state index in [1.54, 1.807) is 19.9 Å². The molecule has 0 spiro atoms. The molecule has 1 rings (SSSR count). The van der Waals surface area contributed by atoms with Crippen molar-refractivity contribution in [2.24, 2.45) is 0 Å². The number of aromatic nitrogens is 1. The number of pyridine rings is 1. The van der Waals surface area contributed by atoms with Crippen molar-refractivity contribution in [1.29, 1.82) is 0 Å². The van der Waals surface area contributed by atoms with Crippen molar-refractivity contribution in [2.45, 2.75) is 26.1 Å². The fraction of sp³-hybridized carbons (Fsp3) is 0.545. The smallest absolute Gasteiger partial charge is 0.214 e. The molecular formula is C11H16BrNO3. The van der Waals surface area contributed by atoms with Gasteiger partial charge in [-0.25, -0.2) is 4.98 Å². The lowest BCUT2D eigenvalue weighted by Gasteiger charge is -2.17. The Hall–Kier alpha value is -0.650. The molecule has 4 nitrogen and oxygen atoms in total. The zero-order valence-electron chi connectivity index (χ0n) is 9.44. The van der Waals surface area contributed by atoms with Crippen LogP contribution in [0.25, 0.3) is 0 Å². The minimum Gasteiger partial charge on any atom is -0.478 e. The highest BCUT2D eigenvalue weighted by Crippen LogP contribution is 2.12. The lowest BCUT2D eigenvalue weighted by atomic mass is 10.4. The topological polar surface area (TPSA) is 51.6 Å². The molecule has 90 valence electrons. The van der Waals surface area contributed by atoms with E-state index in [0.29, 0.717) is 25.5 Å². The molecule has 1 heterocycles. The predicted octanol–water partition coefficient (Wildman–Crippen LogP) is 2.36. The summed E-state index contributed by atoms with van der Waals surface area (Å²) in [5.74, 6) is -0.494. The minimum absolute atomic E-state index is 0.456. The van der Waals surface area contributed by atoms with Gasteiger partial charge in [-0.1, -0.05) is 6.07 Å². The first-order valence-electron chi connectivity index (χ1n) is 5.09. The summed E-state index contributed by atoms with van der Waals surface area (Å²) < 4.78 is 11.3. The molecule has 0 atom stereocenters. The van der Waals surface area contributed by atoms with Crippen LogP contribution in [0.1, 0.15) is 20.3 Å². The lowest BCUT2D eigenvalue weighted by Crippen LogP contribution is -2.24. The van der Waals surface area contributed by atoms with Gasteiger partial charge in [0.15, 0.2) is 5.79 Å². The van der Waals surface area contributed by atoms with Crippen molar-refractivity contribution in [3.05, 3.63) is 22.8 Å². The van der Waals surface area contributed by atoms with E-state index in [-0.39, 0.29) is 0 Å². The van der Waals surface area contributed by atoms with Crippen LogP contribution >= 0.6 is 15.9 Å². The first-order valence-corrected chi connectivity index (χ1v) is 5.88. The van der Waals surface area contributed by atoms with E-state index >= 15 is 0 Å². The molecular weight excluding hydrogens is 274 g/mol. The van der Waals surface area contributed by atoms with Gasteiger partial charge in [-0.3, -0.25) is 0 Å². The van der Waals surface area contributed by atoms with Crippen molar-refractivity contribution in [2.75, 3.05) is 13.2 Å². The zero-order valence-corrected chi connectivity index (χ0v) is 11.0. The number of rotatable bonds is 6. The molecule has 0 unspecified atom stereocenters. The van der Waals surface area contributed by atoms with Gasteiger partial charge in [-0.15, -0.1) is 0 Å². The van der Waals surface area contributed by atoms with Crippen LogP contribution in [0, 0.1) is 0 Å². The highest BCUT2D eigenvalue weighted by Gasteiger charge is 2.11. The molecule has 5 heteroatoms. The average molecular weight is 290 g/mol. The highest BCUT2D eigenvalue weighted by molar-refractivity contribution is 9.10. The van der Waals surface area contributed by atoms with Gasteiger partial charge < -0.3 is 14.6 Å². The average Bonchev–Trinajstić information content (AvgIpc) is 2.15. The Morgan fingerprint density at radius 3 is 2.75 bits per heavy atom.